The molecule has 33 heavy (non-hydrogen) atoms. The van der Waals surface area contributed by atoms with Crippen molar-refractivity contribution in [2.45, 2.75) is 32.6 Å². The Balaban J connectivity index is 0.000000185. The summed E-state index contributed by atoms with van der Waals surface area (Å²) in [5, 5.41) is 2.49. The average Bonchev–Trinajstić information content (AvgIpc) is 3.63. The van der Waals surface area contributed by atoms with Crippen LogP contribution in [0.15, 0.2) is 37.0 Å². The van der Waals surface area contributed by atoms with E-state index in [-0.39, 0.29) is 11.8 Å². The molecule has 0 bridgehead atoms. The number of carbonyl (C=O) groups excluding carboxylic acids is 2. The van der Waals surface area contributed by atoms with E-state index in [0.29, 0.717) is 51.9 Å². The molecular weight excluding hydrogens is 426 g/mol. The zero-order chi connectivity index (χ0) is 23.9. The number of hydrogen-bond donors (Lipinski definition) is 2. The third-order valence-corrected chi connectivity index (χ3v) is 7.07. The third kappa shape index (κ3) is 4.47. The first-order valence-electron chi connectivity index (χ1n) is 11.0. The summed E-state index contributed by atoms with van der Waals surface area (Å²) in [7, 11) is 0. The van der Waals surface area contributed by atoms with Gasteiger partial charge in [0, 0.05) is 36.1 Å². The van der Waals surface area contributed by atoms with Crippen molar-refractivity contribution in [2.24, 2.45) is 23.0 Å². The first kappa shape index (κ1) is 22.9. The minimum atomic E-state index is -0.848. The number of benzene rings is 1. The molecule has 0 spiro atoms. The molecular formula is C25H28F2N4O2. The van der Waals surface area contributed by atoms with Crippen LogP contribution in [0.5, 0.6) is 0 Å². The molecule has 2 unspecified atom stereocenters. The zero-order valence-corrected chi connectivity index (χ0v) is 18.8. The van der Waals surface area contributed by atoms with Gasteiger partial charge in [0.05, 0.1) is 11.4 Å². The molecule has 5 rings (SSSR count). The first-order valence-corrected chi connectivity index (χ1v) is 11.0. The summed E-state index contributed by atoms with van der Waals surface area (Å²) in [6.45, 7) is 9.49. The molecule has 3 aliphatic rings. The lowest BCUT2D eigenvalue weighted by atomic mass is 10.00. The highest BCUT2D eigenvalue weighted by Crippen LogP contribution is 2.62. The molecule has 8 heteroatoms. The van der Waals surface area contributed by atoms with Crippen LogP contribution in [0.3, 0.4) is 0 Å². The van der Waals surface area contributed by atoms with Crippen molar-refractivity contribution in [3.05, 3.63) is 65.5 Å². The van der Waals surface area contributed by atoms with E-state index in [4.69, 9.17) is 5.73 Å². The number of carbonyl (C=O) groups is 2. The Bertz CT molecular complexity index is 1100. The normalized spacial score (nSPS) is 22.0. The molecule has 1 aliphatic heterocycles. The Kier molecular flexibility index (Phi) is 5.95. The van der Waals surface area contributed by atoms with E-state index in [1.165, 1.54) is 6.07 Å². The van der Waals surface area contributed by atoms with E-state index in [1.807, 2.05) is 4.90 Å². The Morgan fingerprint density at radius 1 is 1.24 bits per heavy atom. The van der Waals surface area contributed by atoms with Gasteiger partial charge in [-0.25, -0.2) is 8.78 Å². The van der Waals surface area contributed by atoms with Crippen molar-refractivity contribution in [3.63, 3.8) is 0 Å². The van der Waals surface area contributed by atoms with Gasteiger partial charge in [-0.1, -0.05) is 20.4 Å². The second-order valence-electron chi connectivity index (χ2n) is 9.56. The number of aromatic nitrogens is 1. The van der Waals surface area contributed by atoms with E-state index in [0.717, 1.165) is 32.0 Å². The maximum atomic E-state index is 14.1. The van der Waals surface area contributed by atoms with Crippen LogP contribution in [0.1, 0.15) is 54.2 Å². The van der Waals surface area contributed by atoms with Gasteiger partial charge < -0.3 is 16.0 Å². The molecule has 2 atom stereocenters. The van der Waals surface area contributed by atoms with Crippen LogP contribution in [0, 0.1) is 28.9 Å². The summed E-state index contributed by atoms with van der Waals surface area (Å²) < 4.78 is 27.5. The van der Waals surface area contributed by atoms with Crippen molar-refractivity contribution in [1.82, 2.24) is 9.88 Å². The minimum Gasteiger partial charge on any atom is -0.397 e. The number of halogens is 2. The SMILES string of the molecule is C=C(N)c1cc(NC=O)ccn1.CC1(C)C2CN(C(=O)c3ccc(F)c(F)c3C3CC3)CC21. The van der Waals surface area contributed by atoms with E-state index >= 15 is 0 Å². The molecule has 1 aromatic carbocycles. The summed E-state index contributed by atoms with van der Waals surface area (Å²) in [4.78, 5) is 28.5. The van der Waals surface area contributed by atoms with Crippen molar-refractivity contribution >= 4 is 23.7 Å². The summed E-state index contributed by atoms with van der Waals surface area (Å²) >= 11 is 0. The molecule has 0 radical (unpaired) electrons. The Hall–Kier alpha value is -3.29. The zero-order valence-electron chi connectivity index (χ0n) is 18.8. The molecule has 2 amide bonds. The van der Waals surface area contributed by atoms with Crippen LogP contribution in [0.2, 0.25) is 0 Å². The molecule has 2 saturated carbocycles. The largest absolute Gasteiger partial charge is 0.397 e. The quantitative estimate of drug-likeness (QED) is 0.665. The number of nitrogens with two attached hydrogens (primary N) is 1. The van der Waals surface area contributed by atoms with Crippen molar-refractivity contribution in [3.8, 4) is 0 Å². The lowest BCUT2D eigenvalue weighted by Gasteiger charge is -2.23. The molecule has 1 aromatic heterocycles. The number of anilines is 1. The van der Waals surface area contributed by atoms with Crippen molar-refractivity contribution in [1.29, 1.82) is 0 Å². The van der Waals surface area contributed by atoms with Gasteiger partial charge in [0.15, 0.2) is 11.6 Å². The number of pyridine rings is 1. The van der Waals surface area contributed by atoms with E-state index in [1.54, 1.807) is 18.3 Å². The molecule has 2 heterocycles. The second kappa shape index (κ2) is 8.57. The second-order valence-corrected chi connectivity index (χ2v) is 9.56. The number of amides is 2. The maximum absolute atomic E-state index is 14.1. The molecule has 1 saturated heterocycles. The highest BCUT2D eigenvalue weighted by atomic mass is 19.2. The lowest BCUT2D eigenvalue weighted by Crippen LogP contribution is -2.33. The van der Waals surface area contributed by atoms with E-state index in [9.17, 15) is 18.4 Å². The van der Waals surface area contributed by atoms with Crippen molar-refractivity contribution < 1.29 is 18.4 Å². The fourth-order valence-corrected chi connectivity index (χ4v) is 4.76. The van der Waals surface area contributed by atoms with Gasteiger partial charge in [-0.2, -0.15) is 0 Å². The van der Waals surface area contributed by atoms with Gasteiger partial charge in [-0.3, -0.25) is 14.6 Å². The number of hydrogen-bond acceptors (Lipinski definition) is 4. The molecule has 2 aromatic rings. The summed E-state index contributed by atoms with van der Waals surface area (Å²) in [6, 6.07) is 5.86. The third-order valence-electron chi connectivity index (χ3n) is 7.07. The number of nitrogens with zero attached hydrogens (tertiary/aromatic N) is 2. The Morgan fingerprint density at radius 2 is 1.91 bits per heavy atom. The predicted molar refractivity (Wildman–Crippen MR) is 122 cm³/mol. The monoisotopic (exact) mass is 454 g/mol. The lowest BCUT2D eigenvalue weighted by molar-refractivity contribution is -0.105. The smallest absolute Gasteiger partial charge is 0.254 e. The molecule has 174 valence electrons. The van der Waals surface area contributed by atoms with Crippen LogP contribution in [-0.2, 0) is 4.79 Å². The van der Waals surface area contributed by atoms with Gasteiger partial charge >= 0.3 is 0 Å². The highest BCUT2D eigenvalue weighted by Gasteiger charge is 2.62. The van der Waals surface area contributed by atoms with Gasteiger partial charge in [-0.05, 0) is 60.3 Å². The number of fused-ring (bicyclic) bond motifs is 1. The van der Waals surface area contributed by atoms with Gasteiger partial charge in [0.1, 0.15) is 0 Å². The molecule has 3 fully saturated rings. The highest BCUT2D eigenvalue weighted by molar-refractivity contribution is 5.96. The molecule has 2 aliphatic carbocycles. The Morgan fingerprint density at radius 3 is 2.48 bits per heavy atom. The van der Waals surface area contributed by atoms with E-state index in [2.05, 4.69) is 30.7 Å². The summed E-state index contributed by atoms with van der Waals surface area (Å²) in [5.74, 6) is -0.647. The predicted octanol–water partition coefficient (Wildman–Crippen LogP) is 4.15. The fraction of sp³-hybridized carbons (Fsp3) is 0.400. The van der Waals surface area contributed by atoms with Crippen LogP contribution in [0.25, 0.3) is 5.70 Å². The van der Waals surface area contributed by atoms with Gasteiger partial charge in [0.25, 0.3) is 5.91 Å². The summed E-state index contributed by atoms with van der Waals surface area (Å²) in [5.41, 5.74) is 8.02. The molecule has 6 nitrogen and oxygen atoms in total. The fourth-order valence-electron chi connectivity index (χ4n) is 4.76. The van der Waals surface area contributed by atoms with Crippen LogP contribution in [0.4, 0.5) is 14.5 Å². The van der Waals surface area contributed by atoms with Crippen LogP contribution in [-0.4, -0.2) is 35.3 Å². The number of nitrogens with one attached hydrogen (secondary N) is 1. The number of likely N-dealkylation sites (tertiary alicyclic amines) is 1. The Labute approximate surface area is 191 Å². The molecule has 3 N–H and O–H groups in total. The van der Waals surface area contributed by atoms with Crippen molar-refractivity contribution in [2.75, 3.05) is 18.4 Å². The summed E-state index contributed by atoms with van der Waals surface area (Å²) in [6.07, 6.45) is 3.84. The van der Waals surface area contributed by atoms with Crippen LogP contribution >= 0.6 is 0 Å². The minimum absolute atomic E-state index is 0.0215. The standard InChI is InChI=1S/C17H19F2NO.C8H9N3O/c1-17(2)11-7-20(8-12(11)17)16(21)10-5-6-13(18)15(19)14(10)9-3-4-9;1-6(9)8-4-7(11-5-12)2-3-10-8/h5-6,9,11-12H,3-4,7-8H2,1-2H3;2-5H,1,9H2,(H,10,11,12). The first-order chi connectivity index (χ1) is 15.6. The van der Waals surface area contributed by atoms with Gasteiger partial charge in [-0.15, -0.1) is 0 Å². The number of piperidine rings is 1. The average molecular weight is 455 g/mol. The topological polar surface area (TPSA) is 88.3 Å². The van der Waals surface area contributed by atoms with Gasteiger partial charge in [0.2, 0.25) is 6.41 Å². The van der Waals surface area contributed by atoms with Crippen LogP contribution < -0.4 is 11.1 Å². The number of rotatable bonds is 5. The maximum Gasteiger partial charge on any atom is 0.254 e. The van der Waals surface area contributed by atoms with E-state index < -0.39 is 11.6 Å².